The number of thioether (sulfide) groups is 2. The molecular weight excluding hydrogens is 314 g/mol. The Labute approximate surface area is 130 Å². The SMILES string of the molecule is CSc1nsc(SCC(=O)N(CCC#N)CCC#N)n1. The maximum Gasteiger partial charge on any atom is 0.233 e. The molecule has 1 aromatic heterocycles. The van der Waals surface area contributed by atoms with E-state index in [-0.39, 0.29) is 24.5 Å². The van der Waals surface area contributed by atoms with E-state index in [0.717, 1.165) is 4.34 Å². The number of aromatic nitrogens is 2. The Morgan fingerprint density at radius 3 is 2.50 bits per heavy atom. The van der Waals surface area contributed by atoms with E-state index in [1.165, 1.54) is 35.1 Å². The van der Waals surface area contributed by atoms with Crippen LogP contribution in [0, 0.1) is 22.7 Å². The van der Waals surface area contributed by atoms with Gasteiger partial charge in [0.15, 0.2) is 4.34 Å². The maximum absolute atomic E-state index is 12.0. The van der Waals surface area contributed by atoms with Crippen LogP contribution in [0.1, 0.15) is 12.8 Å². The van der Waals surface area contributed by atoms with Gasteiger partial charge in [-0.25, -0.2) is 4.98 Å². The number of hydrogen-bond donors (Lipinski definition) is 0. The molecule has 0 atom stereocenters. The Balaban J connectivity index is 2.48. The number of carbonyl (C=O) groups is 1. The summed E-state index contributed by atoms with van der Waals surface area (Å²) in [6.07, 6.45) is 2.45. The van der Waals surface area contributed by atoms with Crippen molar-refractivity contribution in [1.29, 1.82) is 10.5 Å². The number of amides is 1. The summed E-state index contributed by atoms with van der Waals surface area (Å²) in [5.41, 5.74) is 0. The first-order valence-electron chi connectivity index (χ1n) is 5.73. The molecule has 20 heavy (non-hydrogen) atoms. The van der Waals surface area contributed by atoms with E-state index in [9.17, 15) is 4.79 Å². The fraction of sp³-hybridized carbons (Fsp3) is 0.545. The Bertz CT molecular complexity index is 501. The summed E-state index contributed by atoms with van der Waals surface area (Å²) >= 11 is 4.06. The molecule has 0 N–H and O–H groups in total. The van der Waals surface area contributed by atoms with E-state index in [4.69, 9.17) is 10.5 Å². The van der Waals surface area contributed by atoms with Crippen LogP contribution in [-0.2, 0) is 4.79 Å². The van der Waals surface area contributed by atoms with Crippen molar-refractivity contribution in [3.8, 4) is 12.1 Å². The minimum atomic E-state index is -0.0820. The molecule has 9 heteroatoms. The van der Waals surface area contributed by atoms with Gasteiger partial charge in [0.05, 0.1) is 30.7 Å². The van der Waals surface area contributed by atoms with Crippen molar-refractivity contribution >= 4 is 41.0 Å². The first kappa shape index (κ1) is 16.8. The number of nitrogens with zero attached hydrogens (tertiary/aromatic N) is 5. The minimum Gasteiger partial charge on any atom is -0.340 e. The molecule has 0 aromatic carbocycles. The first-order valence-corrected chi connectivity index (χ1v) is 8.71. The quantitative estimate of drug-likeness (QED) is 0.674. The van der Waals surface area contributed by atoms with Gasteiger partial charge in [0.2, 0.25) is 11.1 Å². The summed E-state index contributed by atoms with van der Waals surface area (Å²) in [4.78, 5) is 17.8. The molecule has 0 saturated carbocycles. The lowest BCUT2D eigenvalue weighted by Gasteiger charge is -2.19. The summed E-state index contributed by atoms with van der Waals surface area (Å²) in [6.45, 7) is 0.730. The van der Waals surface area contributed by atoms with Gasteiger partial charge in [-0.2, -0.15) is 14.9 Å². The van der Waals surface area contributed by atoms with Gasteiger partial charge in [0, 0.05) is 13.1 Å². The predicted octanol–water partition coefficient (Wildman–Crippen LogP) is 2.01. The molecule has 0 radical (unpaired) electrons. The molecule has 0 aliphatic carbocycles. The third kappa shape index (κ3) is 5.78. The molecule has 0 saturated heterocycles. The smallest absolute Gasteiger partial charge is 0.233 e. The molecule has 0 bridgehead atoms. The standard InChI is InChI=1S/C11H13N5OS3/c1-18-10-14-11(20-15-10)19-8-9(17)16(6-2-4-12)7-3-5-13/h2-3,6-8H2,1H3. The van der Waals surface area contributed by atoms with Crippen LogP contribution in [-0.4, -0.2) is 45.3 Å². The van der Waals surface area contributed by atoms with E-state index in [1.807, 2.05) is 18.4 Å². The summed E-state index contributed by atoms with van der Waals surface area (Å²) in [5.74, 6) is 0.168. The highest BCUT2D eigenvalue weighted by atomic mass is 32.2. The van der Waals surface area contributed by atoms with E-state index < -0.39 is 0 Å². The van der Waals surface area contributed by atoms with E-state index in [0.29, 0.717) is 18.2 Å². The molecule has 0 unspecified atom stereocenters. The highest BCUT2D eigenvalue weighted by Gasteiger charge is 2.14. The molecule has 6 nitrogen and oxygen atoms in total. The molecule has 1 amide bonds. The van der Waals surface area contributed by atoms with Gasteiger partial charge in [-0.1, -0.05) is 23.5 Å². The largest absolute Gasteiger partial charge is 0.340 e. The molecule has 0 fully saturated rings. The number of carbonyl (C=O) groups excluding carboxylic acids is 1. The van der Waals surface area contributed by atoms with Crippen molar-refractivity contribution in [3.05, 3.63) is 0 Å². The fourth-order valence-electron chi connectivity index (χ4n) is 1.28. The monoisotopic (exact) mass is 327 g/mol. The van der Waals surface area contributed by atoms with Crippen LogP contribution < -0.4 is 0 Å². The third-order valence-electron chi connectivity index (χ3n) is 2.23. The van der Waals surface area contributed by atoms with E-state index in [2.05, 4.69) is 9.36 Å². The molecule has 0 aliphatic heterocycles. The Morgan fingerprint density at radius 2 is 2.00 bits per heavy atom. The van der Waals surface area contributed by atoms with Crippen LogP contribution in [0.3, 0.4) is 0 Å². The van der Waals surface area contributed by atoms with Crippen LogP contribution >= 0.6 is 35.1 Å². The lowest BCUT2D eigenvalue weighted by atomic mass is 10.3. The number of rotatable bonds is 8. The topological polar surface area (TPSA) is 93.7 Å². The van der Waals surface area contributed by atoms with Gasteiger partial charge in [0.1, 0.15) is 0 Å². The lowest BCUT2D eigenvalue weighted by molar-refractivity contribution is -0.128. The minimum absolute atomic E-state index is 0.0820. The van der Waals surface area contributed by atoms with Crippen LogP contribution in [0.2, 0.25) is 0 Å². The highest BCUT2D eigenvalue weighted by Crippen LogP contribution is 2.23. The predicted molar refractivity (Wildman–Crippen MR) is 79.5 cm³/mol. The first-order chi connectivity index (χ1) is 9.71. The molecule has 1 aromatic rings. The lowest BCUT2D eigenvalue weighted by Crippen LogP contribution is -2.34. The van der Waals surface area contributed by atoms with Gasteiger partial charge in [0.25, 0.3) is 0 Å². The van der Waals surface area contributed by atoms with Crippen molar-refractivity contribution in [2.75, 3.05) is 25.1 Å². The zero-order chi connectivity index (χ0) is 14.8. The number of nitriles is 2. The second kappa shape index (κ2) is 9.59. The zero-order valence-electron chi connectivity index (χ0n) is 10.9. The summed E-state index contributed by atoms with van der Waals surface area (Å²) in [5, 5.41) is 17.9. The molecular formula is C11H13N5OS3. The van der Waals surface area contributed by atoms with Crippen molar-refractivity contribution in [2.45, 2.75) is 22.3 Å². The van der Waals surface area contributed by atoms with Crippen LogP contribution in [0.4, 0.5) is 0 Å². The van der Waals surface area contributed by atoms with Crippen LogP contribution in [0.5, 0.6) is 0 Å². The van der Waals surface area contributed by atoms with Gasteiger partial charge in [-0.15, -0.1) is 0 Å². The molecule has 1 rings (SSSR count). The third-order valence-corrected chi connectivity index (χ3v) is 4.71. The summed E-state index contributed by atoms with van der Waals surface area (Å²) in [6, 6.07) is 4.02. The van der Waals surface area contributed by atoms with Gasteiger partial charge < -0.3 is 4.90 Å². The van der Waals surface area contributed by atoms with Gasteiger partial charge in [-0.3, -0.25) is 4.79 Å². The Morgan fingerprint density at radius 1 is 1.35 bits per heavy atom. The highest BCUT2D eigenvalue weighted by molar-refractivity contribution is 8.01. The van der Waals surface area contributed by atoms with Crippen LogP contribution in [0.25, 0.3) is 0 Å². The average molecular weight is 327 g/mol. The second-order valence-electron chi connectivity index (χ2n) is 3.53. The number of hydrogen-bond acceptors (Lipinski definition) is 8. The summed E-state index contributed by atoms with van der Waals surface area (Å²) in [7, 11) is 0. The fourth-order valence-corrected chi connectivity index (χ4v) is 3.40. The van der Waals surface area contributed by atoms with Crippen molar-refractivity contribution in [2.24, 2.45) is 0 Å². The maximum atomic E-state index is 12.0. The molecule has 1 heterocycles. The second-order valence-corrected chi connectivity index (χ2v) is 6.28. The van der Waals surface area contributed by atoms with E-state index >= 15 is 0 Å². The van der Waals surface area contributed by atoms with Gasteiger partial charge in [-0.05, 0) is 17.8 Å². The summed E-state index contributed by atoms with van der Waals surface area (Å²) < 4.78 is 4.87. The van der Waals surface area contributed by atoms with Gasteiger partial charge >= 0.3 is 0 Å². The van der Waals surface area contributed by atoms with E-state index in [1.54, 1.807) is 4.90 Å². The van der Waals surface area contributed by atoms with Crippen molar-refractivity contribution in [3.63, 3.8) is 0 Å². The zero-order valence-corrected chi connectivity index (χ0v) is 13.4. The van der Waals surface area contributed by atoms with Crippen molar-refractivity contribution in [1.82, 2.24) is 14.3 Å². The Hall–Kier alpha value is -1.29. The molecule has 0 aliphatic rings. The average Bonchev–Trinajstić information content (AvgIpc) is 2.93. The van der Waals surface area contributed by atoms with Crippen molar-refractivity contribution < 1.29 is 4.79 Å². The normalized spacial score (nSPS) is 9.75. The van der Waals surface area contributed by atoms with Crippen LogP contribution in [0.15, 0.2) is 9.50 Å². The molecule has 106 valence electrons. The molecule has 0 spiro atoms. The Kier molecular flexibility index (Phi) is 8.04.